The van der Waals surface area contributed by atoms with Crippen molar-refractivity contribution < 1.29 is 13.2 Å². The molecule has 1 aliphatic heterocycles. The van der Waals surface area contributed by atoms with Crippen molar-refractivity contribution >= 4 is 37.6 Å². The van der Waals surface area contributed by atoms with Crippen molar-refractivity contribution in [1.29, 1.82) is 0 Å². The average molecular weight is 383 g/mol. The van der Waals surface area contributed by atoms with E-state index in [0.29, 0.717) is 17.6 Å². The van der Waals surface area contributed by atoms with Crippen LogP contribution in [0.3, 0.4) is 0 Å². The van der Waals surface area contributed by atoms with Crippen molar-refractivity contribution in [1.82, 2.24) is 4.31 Å². The first-order valence-electron chi connectivity index (χ1n) is 6.34. The molecule has 1 saturated heterocycles. The number of hydrogen-bond acceptors (Lipinski definition) is 3. The molecule has 2 unspecified atom stereocenters. The molecular weight excluding hydrogens is 366 g/mol. The maximum atomic E-state index is 12.8. The molecule has 2 atom stereocenters. The summed E-state index contributed by atoms with van der Waals surface area (Å²) in [4.78, 5) is 0.261. The zero-order valence-corrected chi connectivity index (χ0v) is 14.5. The highest BCUT2D eigenvalue weighted by molar-refractivity contribution is 9.10. The third-order valence-corrected chi connectivity index (χ3v) is 6.57. The Hall–Kier alpha value is -0.140. The fraction of sp³-hybridized carbons (Fsp3) is 0.538. The Labute approximate surface area is 133 Å². The van der Waals surface area contributed by atoms with Gasteiger partial charge in [0.1, 0.15) is 0 Å². The van der Waals surface area contributed by atoms with Crippen LogP contribution in [0.25, 0.3) is 0 Å². The predicted octanol–water partition coefficient (Wildman–Crippen LogP) is 2.99. The molecule has 2 rings (SSSR count). The van der Waals surface area contributed by atoms with Gasteiger partial charge in [0.25, 0.3) is 0 Å². The Morgan fingerprint density at radius 1 is 1.45 bits per heavy atom. The molecule has 0 amide bonds. The van der Waals surface area contributed by atoms with Gasteiger partial charge in [0, 0.05) is 22.9 Å². The summed E-state index contributed by atoms with van der Waals surface area (Å²) in [5, 5.41) is 0. The van der Waals surface area contributed by atoms with Crippen LogP contribution in [-0.4, -0.2) is 38.0 Å². The number of ether oxygens (including phenoxy) is 1. The molecule has 0 bridgehead atoms. The average Bonchev–Trinajstić information content (AvgIpc) is 2.41. The summed E-state index contributed by atoms with van der Waals surface area (Å²) in [6.45, 7) is 4.50. The van der Waals surface area contributed by atoms with Crippen molar-refractivity contribution in [2.24, 2.45) is 0 Å². The first kappa shape index (κ1) is 16.2. The number of morpholine rings is 1. The molecule has 1 fully saturated rings. The maximum absolute atomic E-state index is 12.8. The SMILES string of the molecule is CC1CN(S(=O)(=O)c2cc(CCl)ccc2Br)C(C)CO1. The summed E-state index contributed by atoms with van der Waals surface area (Å²) in [6, 6.07) is 4.97. The lowest BCUT2D eigenvalue weighted by molar-refractivity contribution is -0.0170. The van der Waals surface area contributed by atoms with E-state index in [-0.39, 0.29) is 22.9 Å². The fourth-order valence-corrected chi connectivity index (χ4v) is 5.00. The van der Waals surface area contributed by atoms with Crippen LogP contribution < -0.4 is 0 Å². The van der Waals surface area contributed by atoms with Gasteiger partial charge >= 0.3 is 0 Å². The van der Waals surface area contributed by atoms with Crippen LogP contribution in [0.5, 0.6) is 0 Å². The number of hydrogen-bond donors (Lipinski definition) is 0. The third kappa shape index (κ3) is 3.20. The molecular formula is C13H17BrClNO3S. The van der Waals surface area contributed by atoms with Gasteiger partial charge in [-0.3, -0.25) is 0 Å². The van der Waals surface area contributed by atoms with E-state index in [1.807, 2.05) is 19.9 Å². The molecule has 0 aliphatic carbocycles. The maximum Gasteiger partial charge on any atom is 0.244 e. The molecule has 1 aromatic rings. The zero-order chi connectivity index (χ0) is 14.9. The largest absolute Gasteiger partial charge is 0.375 e. The second kappa shape index (κ2) is 6.32. The highest BCUT2D eigenvalue weighted by atomic mass is 79.9. The Kier molecular flexibility index (Phi) is 5.13. The van der Waals surface area contributed by atoms with Crippen molar-refractivity contribution in [3.05, 3.63) is 28.2 Å². The number of rotatable bonds is 3. The molecule has 1 aromatic carbocycles. The van der Waals surface area contributed by atoms with Crippen molar-refractivity contribution in [3.8, 4) is 0 Å². The van der Waals surface area contributed by atoms with Crippen LogP contribution in [0.1, 0.15) is 19.4 Å². The number of benzene rings is 1. The minimum atomic E-state index is -3.56. The smallest absolute Gasteiger partial charge is 0.244 e. The van der Waals surface area contributed by atoms with Crippen LogP contribution in [0.4, 0.5) is 0 Å². The normalized spacial score (nSPS) is 24.8. The monoisotopic (exact) mass is 381 g/mol. The van der Waals surface area contributed by atoms with E-state index in [1.165, 1.54) is 4.31 Å². The molecule has 0 aromatic heterocycles. The van der Waals surface area contributed by atoms with Gasteiger partial charge in [0.05, 0.1) is 17.6 Å². The fourth-order valence-electron chi connectivity index (χ4n) is 2.16. The summed E-state index contributed by atoms with van der Waals surface area (Å²) >= 11 is 9.11. The van der Waals surface area contributed by atoms with Crippen LogP contribution >= 0.6 is 27.5 Å². The lowest BCUT2D eigenvalue weighted by Gasteiger charge is -2.35. The molecule has 7 heteroatoms. The topological polar surface area (TPSA) is 46.6 Å². The summed E-state index contributed by atoms with van der Waals surface area (Å²) in [6.07, 6.45) is -0.101. The van der Waals surface area contributed by atoms with Gasteiger partial charge in [-0.25, -0.2) is 8.42 Å². The van der Waals surface area contributed by atoms with Gasteiger partial charge in [-0.15, -0.1) is 11.6 Å². The lowest BCUT2D eigenvalue weighted by atomic mass is 10.2. The van der Waals surface area contributed by atoms with E-state index in [4.69, 9.17) is 16.3 Å². The first-order valence-corrected chi connectivity index (χ1v) is 9.11. The van der Waals surface area contributed by atoms with Crippen LogP contribution in [0.15, 0.2) is 27.6 Å². The quantitative estimate of drug-likeness (QED) is 0.755. The molecule has 1 aliphatic rings. The highest BCUT2D eigenvalue weighted by Crippen LogP contribution is 2.29. The minimum Gasteiger partial charge on any atom is -0.375 e. The van der Waals surface area contributed by atoms with E-state index >= 15 is 0 Å². The standard InChI is InChI=1S/C13H17BrClNO3S/c1-9-8-19-10(2)7-16(9)20(17,18)13-5-11(6-15)3-4-12(13)14/h3-5,9-10H,6-8H2,1-2H3. The molecule has 0 spiro atoms. The van der Waals surface area contributed by atoms with E-state index in [2.05, 4.69) is 15.9 Å². The van der Waals surface area contributed by atoms with Gasteiger partial charge in [-0.05, 0) is 47.5 Å². The van der Waals surface area contributed by atoms with E-state index in [9.17, 15) is 8.42 Å². The van der Waals surface area contributed by atoms with Gasteiger partial charge in [-0.2, -0.15) is 4.31 Å². The van der Waals surface area contributed by atoms with Crippen molar-refractivity contribution in [3.63, 3.8) is 0 Å². The Morgan fingerprint density at radius 2 is 2.15 bits per heavy atom. The summed E-state index contributed by atoms with van der Waals surface area (Å²) in [5.41, 5.74) is 0.780. The number of sulfonamides is 1. The van der Waals surface area contributed by atoms with Gasteiger partial charge < -0.3 is 4.74 Å². The van der Waals surface area contributed by atoms with Crippen molar-refractivity contribution in [2.75, 3.05) is 13.2 Å². The molecule has 112 valence electrons. The molecule has 0 N–H and O–H groups in total. The van der Waals surface area contributed by atoms with Gasteiger partial charge in [0.15, 0.2) is 0 Å². The first-order chi connectivity index (χ1) is 9.36. The second-order valence-corrected chi connectivity index (χ2v) is 7.95. The Balaban J connectivity index is 2.43. The molecule has 0 radical (unpaired) electrons. The molecule has 20 heavy (non-hydrogen) atoms. The molecule has 0 saturated carbocycles. The van der Waals surface area contributed by atoms with E-state index in [0.717, 1.165) is 5.56 Å². The summed E-state index contributed by atoms with van der Waals surface area (Å²) in [7, 11) is -3.56. The number of halogens is 2. The third-order valence-electron chi connectivity index (χ3n) is 3.29. The Morgan fingerprint density at radius 3 is 2.80 bits per heavy atom. The lowest BCUT2D eigenvalue weighted by Crippen LogP contribution is -2.50. The van der Waals surface area contributed by atoms with Gasteiger partial charge in [-0.1, -0.05) is 6.07 Å². The predicted molar refractivity (Wildman–Crippen MR) is 82.5 cm³/mol. The minimum absolute atomic E-state index is 0.101. The Bertz CT molecular complexity index is 593. The van der Waals surface area contributed by atoms with Crippen LogP contribution in [0, 0.1) is 0 Å². The number of alkyl halides is 1. The van der Waals surface area contributed by atoms with E-state index in [1.54, 1.807) is 12.1 Å². The van der Waals surface area contributed by atoms with Crippen molar-refractivity contribution in [2.45, 2.75) is 36.8 Å². The van der Waals surface area contributed by atoms with E-state index < -0.39 is 10.0 Å². The summed E-state index contributed by atoms with van der Waals surface area (Å²) in [5.74, 6) is 0.283. The number of nitrogens with zero attached hydrogens (tertiary/aromatic N) is 1. The highest BCUT2D eigenvalue weighted by Gasteiger charge is 2.35. The molecule has 1 heterocycles. The van der Waals surface area contributed by atoms with Gasteiger partial charge in [0.2, 0.25) is 10.0 Å². The second-order valence-electron chi connectivity index (χ2n) is 4.97. The van der Waals surface area contributed by atoms with Crippen LogP contribution in [-0.2, 0) is 20.6 Å². The summed E-state index contributed by atoms with van der Waals surface area (Å²) < 4.78 is 33.2. The van der Waals surface area contributed by atoms with Crippen LogP contribution in [0.2, 0.25) is 0 Å². The zero-order valence-electron chi connectivity index (χ0n) is 11.3. The molecule has 4 nitrogen and oxygen atoms in total.